The van der Waals surface area contributed by atoms with E-state index in [0.29, 0.717) is 12.3 Å². The zero-order chi connectivity index (χ0) is 15.4. The number of halogens is 1. The maximum Gasteiger partial charge on any atom is 0.220 e. The molecule has 1 amide bonds. The molecule has 5 heteroatoms. The van der Waals surface area contributed by atoms with E-state index in [4.69, 9.17) is 11.6 Å². The van der Waals surface area contributed by atoms with Gasteiger partial charge in [0.05, 0.1) is 15.2 Å². The number of thiazole rings is 1. The van der Waals surface area contributed by atoms with Gasteiger partial charge in [-0.15, -0.1) is 11.3 Å². The summed E-state index contributed by atoms with van der Waals surface area (Å²) in [5, 5.41) is 4.90. The van der Waals surface area contributed by atoms with Crippen LogP contribution in [0.3, 0.4) is 0 Å². The van der Waals surface area contributed by atoms with Crippen molar-refractivity contribution in [3.63, 3.8) is 0 Å². The molecule has 1 aliphatic carbocycles. The standard InChI is InChI=1S/C17H21ClN2OS/c18-13-7-8-14-15(11-13)22-17(20-14)6-3-9-19-16(21)10-12-4-1-2-5-12/h7-8,11-12H,1-6,9-10H2,(H,19,21). The van der Waals surface area contributed by atoms with Crippen molar-refractivity contribution < 1.29 is 4.79 Å². The van der Waals surface area contributed by atoms with Gasteiger partial charge in [-0.25, -0.2) is 4.98 Å². The lowest BCUT2D eigenvalue weighted by Crippen LogP contribution is -2.26. The lowest BCUT2D eigenvalue weighted by Gasteiger charge is -2.09. The number of benzene rings is 1. The van der Waals surface area contributed by atoms with E-state index in [-0.39, 0.29) is 5.91 Å². The molecule has 0 unspecified atom stereocenters. The minimum Gasteiger partial charge on any atom is -0.356 e. The SMILES string of the molecule is O=C(CC1CCCC1)NCCCc1nc2ccc(Cl)cc2s1. The van der Waals surface area contributed by atoms with Gasteiger partial charge in [0.2, 0.25) is 5.91 Å². The molecule has 0 bridgehead atoms. The fraction of sp³-hybridized carbons (Fsp3) is 0.529. The summed E-state index contributed by atoms with van der Waals surface area (Å²) in [7, 11) is 0. The van der Waals surface area contributed by atoms with E-state index < -0.39 is 0 Å². The molecule has 0 radical (unpaired) electrons. The molecule has 0 atom stereocenters. The third-order valence-electron chi connectivity index (χ3n) is 4.23. The summed E-state index contributed by atoms with van der Waals surface area (Å²) in [6.45, 7) is 0.738. The van der Waals surface area contributed by atoms with Crippen LogP contribution in [0.5, 0.6) is 0 Å². The van der Waals surface area contributed by atoms with Gasteiger partial charge in [0.15, 0.2) is 0 Å². The Kier molecular flexibility index (Phi) is 5.32. The van der Waals surface area contributed by atoms with Crippen molar-refractivity contribution in [1.82, 2.24) is 10.3 Å². The zero-order valence-corrected chi connectivity index (χ0v) is 14.2. The highest BCUT2D eigenvalue weighted by Gasteiger charge is 2.17. The number of nitrogens with zero attached hydrogens (tertiary/aromatic N) is 1. The molecule has 1 aliphatic rings. The predicted octanol–water partition coefficient (Wildman–Crippen LogP) is 4.58. The Bertz CT molecular complexity index is 649. The van der Waals surface area contributed by atoms with Crippen molar-refractivity contribution in [2.45, 2.75) is 44.9 Å². The minimum atomic E-state index is 0.211. The molecule has 3 nitrogen and oxygen atoms in total. The Morgan fingerprint density at radius 1 is 1.36 bits per heavy atom. The molecular weight excluding hydrogens is 316 g/mol. The molecule has 0 saturated heterocycles. The van der Waals surface area contributed by atoms with E-state index in [1.165, 1.54) is 25.7 Å². The van der Waals surface area contributed by atoms with Gasteiger partial charge in [0, 0.05) is 24.4 Å². The number of hydrogen-bond acceptors (Lipinski definition) is 3. The predicted molar refractivity (Wildman–Crippen MR) is 92.5 cm³/mol. The van der Waals surface area contributed by atoms with Crippen molar-refractivity contribution in [3.8, 4) is 0 Å². The molecule has 0 aliphatic heterocycles. The Balaban J connectivity index is 1.41. The quantitative estimate of drug-likeness (QED) is 0.784. The summed E-state index contributed by atoms with van der Waals surface area (Å²) in [5.41, 5.74) is 1.01. The van der Waals surface area contributed by atoms with Crippen molar-refractivity contribution in [1.29, 1.82) is 0 Å². The molecule has 1 fully saturated rings. The number of aromatic nitrogens is 1. The van der Waals surface area contributed by atoms with Gasteiger partial charge in [-0.1, -0.05) is 24.4 Å². The zero-order valence-electron chi connectivity index (χ0n) is 12.6. The second-order valence-electron chi connectivity index (χ2n) is 6.03. The summed E-state index contributed by atoms with van der Waals surface area (Å²) in [6.07, 6.45) is 7.58. The van der Waals surface area contributed by atoms with Crippen LogP contribution in [0.2, 0.25) is 5.02 Å². The molecule has 22 heavy (non-hydrogen) atoms. The fourth-order valence-corrected chi connectivity index (χ4v) is 4.35. The number of carbonyl (C=O) groups excluding carboxylic acids is 1. The number of nitrogens with one attached hydrogen (secondary N) is 1. The first kappa shape index (κ1) is 15.8. The van der Waals surface area contributed by atoms with Gasteiger partial charge in [-0.2, -0.15) is 0 Å². The summed E-state index contributed by atoms with van der Waals surface area (Å²) >= 11 is 7.68. The van der Waals surface area contributed by atoms with Gasteiger partial charge in [-0.05, 0) is 43.4 Å². The van der Waals surface area contributed by atoms with Crippen LogP contribution in [0.25, 0.3) is 10.2 Å². The highest BCUT2D eigenvalue weighted by atomic mass is 35.5. The van der Waals surface area contributed by atoms with Crippen LogP contribution in [0, 0.1) is 5.92 Å². The van der Waals surface area contributed by atoms with E-state index in [2.05, 4.69) is 10.3 Å². The molecule has 1 aromatic heterocycles. The first-order valence-corrected chi connectivity index (χ1v) is 9.22. The third-order valence-corrected chi connectivity index (χ3v) is 5.55. The molecule has 1 N–H and O–H groups in total. The van der Waals surface area contributed by atoms with Crippen molar-refractivity contribution in [2.75, 3.05) is 6.54 Å². The second kappa shape index (κ2) is 7.42. The Labute approximate surface area is 140 Å². The van der Waals surface area contributed by atoms with E-state index in [1.54, 1.807) is 11.3 Å². The van der Waals surface area contributed by atoms with Gasteiger partial charge in [-0.3, -0.25) is 4.79 Å². The topological polar surface area (TPSA) is 42.0 Å². The van der Waals surface area contributed by atoms with Crippen LogP contribution in [0.4, 0.5) is 0 Å². The lowest BCUT2D eigenvalue weighted by molar-refractivity contribution is -0.121. The molecule has 118 valence electrons. The molecule has 3 rings (SSSR count). The molecule has 2 aromatic rings. The van der Waals surface area contributed by atoms with E-state index in [9.17, 15) is 4.79 Å². The first-order chi connectivity index (χ1) is 10.7. The van der Waals surface area contributed by atoms with Gasteiger partial charge in [0.1, 0.15) is 0 Å². The highest BCUT2D eigenvalue weighted by molar-refractivity contribution is 7.18. The van der Waals surface area contributed by atoms with E-state index in [1.807, 2.05) is 18.2 Å². The Morgan fingerprint density at radius 2 is 2.18 bits per heavy atom. The Morgan fingerprint density at radius 3 is 3.00 bits per heavy atom. The maximum absolute atomic E-state index is 11.8. The van der Waals surface area contributed by atoms with Crippen LogP contribution in [0.15, 0.2) is 18.2 Å². The van der Waals surface area contributed by atoms with Gasteiger partial charge in [0.25, 0.3) is 0 Å². The fourth-order valence-electron chi connectivity index (χ4n) is 3.07. The van der Waals surface area contributed by atoms with Gasteiger partial charge >= 0.3 is 0 Å². The third kappa shape index (κ3) is 4.20. The molecule has 1 saturated carbocycles. The summed E-state index contributed by atoms with van der Waals surface area (Å²) < 4.78 is 1.13. The average molecular weight is 337 g/mol. The maximum atomic E-state index is 11.8. The minimum absolute atomic E-state index is 0.211. The molecule has 1 heterocycles. The normalized spacial score (nSPS) is 15.5. The average Bonchev–Trinajstić information content (AvgIpc) is 3.12. The number of rotatable bonds is 6. The lowest BCUT2D eigenvalue weighted by atomic mass is 10.0. The largest absolute Gasteiger partial charge is 0.356 e. The highest BCUT2D eigenvalue weighted by Crippen LogP contribution is 2.27. The van der Waals surface area contributed by atoms with E-state index in [0.717, 1.165) is 39.6 Å². The number of fused-ring (bicyclic) bond motifs is 1. The van der Waals surface area contributed by atoms with Gasteiger partial charge < -0.3 is 5.32 Å². The summed E-state index contributed by atoms with van der Waals surface area (Å²) in [4.78, 5) is 16.5. The second-order valence-corrected chi connectivity index (χ2v) is 7.58. The number of hydrogen-bond donors (Lipinski definition) is 1. The van der Waals surface area contributed by atoms with Crippen LogP contribution in [-0.4, -0.2) is 17.4 Å². The number of carbonyl (C=O) groups is 1. The monoisotopic (exact) mass is 336 g/mol. The van der Waals surface area contributed by atoms with Crippen LogP contribution >= 0.6 is 22.9 Å². The molecular formula is C17H21ClN2OS. The van der Waals surface area contributed by atoms with Crippen molar-refractivity contribution >= 4 is 39.1 Å². The molecule has 1 aromatic carbocycles. The smallest absolute Gasteiger partial charge is 0.220 e. The first-order valence-electron chi connectivity index (χ1n) is 8.02. The van der Waals surface area contributed by atoms with Crippen LogP contribution < -0.4 is 5.32 Å². The number of aryl methyl sites for hydroxylation is 1. The van der Waals surface area contributed by atoms with Crippen LogP contribution in [-0.2, 0) is 11.2 Å². The molecule has 0 spiro atoms. The van der Waals surface area contributed by atoms with Crippen molar-refractivity contribution in [2.24, 2.45) is 5.92 Å². The Hall–Kier alpha value is -1.13. The van der Waals surface area contributed by atoms with E-state index >= 15 is 0 Å². The summed E-state index contributed by atoms with van der Waals surface area (Å²) in [6, 6.07) is 5.79. The summed E-state index contributed by atoms with van der Waals surface area (Å²) in [5.74, 6) is 0.831. The van der Waals surface area contributed by atoms with Crippen LogP contribution in [0.1, 0.15) is 43.5 Å². The number of amides is 1. The van der Waals surface area contributed by atoms with Crippen molar-refractivity contribution in [3.05, 3.63) is 28.2 Å².